The van der Waals surface area contributed by atoms with Crippen molar-refractivity contribution in [3.05, 3.63) is 36.5 Å². The van der Waals surface area contributed by atoms with E-state index in [0.29, 0.717) is 6.42 Å². The standard InChI is InChI=1S/C44H82NO8P/c1-3-5-7-9-11-13-15-17-19-20-21-23-25-27-29-31-33-35-37-44(48)51-40-42(46)41-53-54(49,50)52-39-38-45-43(47)36-34-32-30-28-26-24-22-18-16-14-12-10-8-6-4-2/h12,14,18-20,22,42,46H,3-11,13,15-17,21,23-41H2,1-2H3,(H,45,47)(H,49,50)/b14-12-,20-19-,22-18-. The molecule has 3 N–H and O–H groups in total. The van der Waals surface area contributed by atoms with Gasteiger partial charge < -0.3 is 20.1 Å². The topological polar surface area (TPSA) is 131 Å². The maximum Gasteiger partial charge on any atom is 0.472 e. The third-order valence-corrected chi connectivity index (χ3v) is 10.3. The predicted molar refractivity (Wildman–Crippen MR) is 224 cm³/mol. The molecule has 0 aliphatic carbocycles. The van der Waals surface area contributed by atoms with Gasteiger partial charge in [-0.25, -0.2) is 4.57 Å². The summed E-state index contributed by atoms with van der Waals surface area (Å²) >= 11 is 0. The number of aliphatic hydroxyl groups excluding tert-OH is 1. The molecule has 0 bridgehead atoms. The van der Waals surface area contributed by atoms with Gasteiger partial charge in [0.1, 0.15) is 12.7 Å². The number of esters is 1. The summed E-state index contributed by atoms with van der Waals surface area (Å²) in [4.78, 5) is 33.9. The van der Waals surface area contributed by atoms with Crippen molar-refractivity contribution in [2.45, 2.75) is 206 Å². The number of ether oxygens (including phenoxy) is 1. The molecule has 1 amide bonds. The molecule has 2 atom stereocenters. The summed E-state index contributed by atoms with van der Waals surface area (Å²) in [6.45, 7) is 3.51. The van der Waals surface area contributed by atoms with E-state index in [9.17, 15) is 24.2 Å². The smallest absolute Gasteiger partial charge is 0.463 e. The van der Waals surface area contributed by atoms with Gasteiger partial charge in [0.2, 0.25) is 5.91 Å². The summed E-state index contributed by atoms with van der Waals surface area (Å²) in [5.74, 6) is -0.533. The summed E-state index contributed by atoms with van der Waals surface area (Å²) in [5.41, 5.74) is 0. The van der Waals surface area contributed by atoms with E-state index in [1.807, 2.05) is 0 Å². The Hall–Kier alpha value is -1.77. The van der Waals surface area contributed by atoms with Gasteiger partial charge in [-0.1, -0.05) is 153 Å². The number of allylic oxidation sites excluding steroid dienone is 6. The highest BCUT2D eigenvalue weighted by molar-refractivity contribution is 7.47. The van der Waals surface area contributed by atoms with Crippen LogP contribution in [0.25, 0.3) is 0 Å². The minimum atomic E-state index is -4.42. The molecular formula is C44H82NO8P. The third kappa shape index (κ3) is 41.4. The zero-order valence-corrected chi connectivity index (χ0v) is 35.6. The molecular weight excluding hydrogens is 701 g/mol. The van der Waals surface area contributed by atoms with E-state index in [1.165, 1.54) is 109 Å². The Bertz CT molecular complexity index is 986. The Labute approximate surface area is 331 Å². The van der Waals surface area contributed by atoms with Gasteiger partial charge in [0.15, 0.2) is 0 Å². The number of hydrogen-bond donors (Lipinski definition) is 3. The van der Waals surface area contributed by atoms with Crippen LogP contribution in [0.3, 0.4) is 0 Å². The lowest BCUT2D eigenvalue weighted by atomic mass is 10.1. The van der Waals surface area contributed by atoms with E-state index in [-0.39, 0.29) is 32.1 Å². The van der Waals surface area contributed by atoms with E-state index < -0.39 is 26.5 Å². The summed E-state index contributed by atoms with van der Waals surface area (Å²) in [7, 11) is -4.42. The number of aliphatic hydroxyl groups is 1. The van der Waals surface area contributed by atoms with Crippen LogP contribution in [0.2, 0.25) is 0 Å². The molecule has 0 rings (SSSR count). The van der Waals surface area contributed by atoms with Crippen molar-refractivity contribution >= 4 is 19.7 Å². The fraction of sp³-hybridized carbons (Fsp3) is 0.818. The average Bonchev–Trinajstić information content (AvgIpc) is 3.16. The highest BCUT2D eigenvalue weighted by Crippen LogP contribution is 2.42. The van der Waals surface area contributed by atoms with Crippen LogP contribution in [-0.4, -0.2) is 54.3 Å². The van der Waals surface area contributed by atoms with Crippen molar-refractivity contribution in [1.82, 2.24) is 5.32 Å². The van der Waals surface area contributed by atoms with Crippen LogP contribution in [0.15, 0.2) is 36.5 Å². The quantitative estimate of drug-likeness (QED) is 0.0242. The van der Waals surface area contributed by atoms with Crippen molar-refractivity contribution in [3.8, 4) is 0 Å². The second kappa shape index (κ2) is 40.9. The van der Waals surface area contributed by atoms with Crippen LogP contribution in [0.4, 0.5) is 0 Å². The van der Waals surface area contributed by atoms with E-state index in [1.54, 1.807) is 0 Å². The number of nitrogens with one attached hydrogen (secondary N) is 1. The second-order valence-electron chi connectivity index (χ2n) is 14.7. The number of amides is 1. The highest BCUT2D eigenvalue weighted by Gasteiger charge is 2.23. The number of carbonyl (C=O) groups is 2. The van der Waals surface area contributed by atoms with Crippen molar-refractivity contribution in [2.75, 3.05) is 26.4 Å². The minimum absolute atomic E-state index is 0.0736. The monoisotopic (exact) mass is 784 g/mol. The zero-order chi connectivity index (χ0) is 39.6. The van der Waals surface area contributed by atoms with Crippen LogP contribution >= 0.6 is 7.82 Å². The van der Waals surface area contributed by atoms with Crippen molar-refractivity contribution in [3.63, 3.8) is 0 Å². The van der Waals surface area contributed by atoms with Crippen molar-refractivity contribution in [2.24, 2.45) is 0 Å². The lowest BCUT2D eigenvalue weighted by Crippen LogP contribution is -2.27. The van der Waals surface area contributed by atoms with Crippen molar-refractivity contribution in [1.29, 1.82) is 0 Å². The van der Waals surface area contributed by atoms with Gasteiger partial charge in [0, 0.05) is 19.4 Å². The van der Waals surface area contributed by atoms with Crippen LogP contribution in [0.1, 0.15) is 200 Å². The first-order chi connectivity index (χ1) is 26.3. The molecule has 0 saturated heterocycles. The molecule has 0 aliphatic rings. The molecule has 0 heterocycles. The lowest BCUT2D eigenvalue weighted by Gasteiger charge is -2.15. The first-order valence-electron chi connectivity index (χ1n) is 22.0. The van der Waals surface area contributed by atoms with E-state index in [4.69, 9.17) is 13.8 Å². The van der Waals surface area contributed by atoms with Gasteiger partial charge >= 0.3 is 13.8 Å². The largest absolute Gasteiger partial charge is 0.472 e. The molecule has 0 saturated carbocycles. The first-order valence-corrected chi connectivity index (χ1v) is 23.5. The van der Waals surface area contributed by atoms with Gasteiger partial charge in [0.25, 0.3) is 0 Å². The molecule has 54 heavy (non-hydrogen) atoms. The fourth-order valence-corrected chi connectivity index (χ4v) is 6.69. The maximum absolute atomic E-state index is 12.1. The molecule has 0 aromatic rings. The second-order valence-corrected chi connectivity index (χ2v) is 16.1. The summed E-state index contributed by atoms with van der Waals surface area (Å²) < 4.78 is 26.9. The normalized spacial score (nSPS) is 13.6. The molecule has 10 heteroatoms. The first kappa shape index (κ1) is 52.2. The number of hydrogen-bond acceptors (Lipinski definition) is 7. The molecule has 316 valence electrons. The third-order valence-electron chi connectivity index (χ3n) is 9.29. The molecule has 0 aromatic carbocycles. The number of carbonyl (C=O) groups excluding carboxylic acids is 2. The van der Waals surface area contributed by atoms with Gasteiger partial charge in [-0.3, -0.25) is 18.6 Å². The van der Waals surface area contributed by atoms with E-state index in [0.717, 1.165) is 64.2 Å². The zero-order valence-electron chi connectivity index (χ0n) is 34.7. The summed E-state index contributed by atoms with van der Waals surface area (Å²) in [5, 5.41) is 12.7. The van der Waals surface area contributed by atoms with Gasteiger partial charge in [-0.15, -0.1) is 0 Å². The summed E-state index contributed by atoms with van der Waals surface area (Å²) in [6.07, 6.45) is 45.0. The van der Waals surface area contributed by atoms with E-state index >= 15 is 0 Å². The fourth-order valence-electron chi connectivity index (χ4n) is 5.93. The Morgan fingerprint density at radius 3 is 1.54 bits per heavy atom. The molecule has 0 aliphatic heterocycles. The Morgan fingerprint density at radius 1 is 0.574 bits per heavy atom. The summed E-state index contributed by atoms with van der Waals surface area (Å²) in [6, 6.07) is 0. The van der Waals surface area contributed by atoms with E-state index in [2.05, 4.69) is 55.6 Å². The number of phosphoric ester groups is 1. The number of unbranched alkanes of at least 4 members (excludes halogenated alkanes) is 22. The molecule has 0 aromatic heterocycles. The molecule has 2 unspecified atom stereocenters. The van der Waals surface area contributed by atoms with Crippen LogP contribution < -0.4 is 5.32 Å². The highest BCUT2D eigenvalue weighted by atomic mass is 31.2. The van der Waals surface area contributed by atoms with Gasteiger partial charge in [-0.2, -0.15) is 0 Å². The van der Waals surface area contributed by atoms with Gasteiger partial charge in [0.05, 0.1) is 13.2 Å². The molecule has 9 nitrogen and oxygen atoms in total. The molecule has 0 spiro atoms. The minimum Gasteiger partial charge on any atom is -0.463 e. The Balaban J connectivity index is 3.61. The maximum atomic E-state index is 12.1. The van der Waals surface area contributed by atoms with Crippen LogP contribution in [0, 0.1) is 0 Å². The SMILES string of the molecule is CCCCC/C=C\C/C=C\CCCCCCCC(=O)NCCOP(=O)(O)OCC(O)COC(=O)CCCCCCCCC/C=C\CCCCCCCCC. The van der Waals surface area contributed by atoms with Crippen LogP contribution in [-0.2, 0) is 27.9 Å². The number of rotatable bonds is 41. The predicted octanol–water partition coefficient (Wildman–Crippen LogP) is 12.2. The van der Waals surface area contributed by atoms with Gasteiger partial charge in [-0.05, 0) is 70.6 Å². The number of phosphoric acid groups is 1. The van der Waals surface area contributed by atoms with Crippen molar-refractivity contribution < 1.29 is 37.9 Å². The Kier molecular flexibility index (Phi) is 39.5. The average molecular weight is 784 g/mol. The molecule has 0 radical (unpaired) electrons. The molecule has 0 fully saturated rings. The van der Waals surface area contributed by atoms with Crippen LogP contribution in [0.5, 0.6) is 0 Å². The Morgan fingerprint density at radius 2 is 1.00 bits per heavy atom. The lowest BCUT2D eigenvalue weighted by molar-refractivity contribution is -0.147.